The molecule has 0 spiro atoms. The maximum absolute atomic E-state index is 11.1. The second kappa shape index (κ2) is 6.70. The van der Waals surface area contributed by atoms with Gasteiger partial charge in [-0.25, -0.2) is 0 Å². The van der Waals surface area contributed by atoms with Crippen molar-refractivity contribution in [2.45, 2.75) is 12.3 Å². The van der Waals surface area contributed by atoms with E-state index in [1.807, 2.05) is 0 Å². The summed E-state index contributed by atoms with van der Waals surface area (Å²) in [7, 11) is -8.73. The largest absolute Gasteiger partial charge is 0.480 e. The fraction of sp³-hybridized carbons (Fsp3) is 0.300. The first-order valence-electron chi connectivity index (χ1n) is 5.63. The molecule has 1 rings (SSSR count). The van der Waals surface area contributed by atoms with E-state index in [1.165, 1.54) is 18.2 Å². The Bertz CT molecular complexity index is 619. The molecule has 0 radical (unpaired) electrons. The number of anilines is 1. The summed E-state index contributed by atoms with van der Waals surface area (Å²) < 4.78 is 22.0. The zero-order valence-corrected chi connectivity index (χ0v) is 12.5. The van der Waals surface area contributed by atoms with Crippen LogP contribution in [-0.4, -0.2) is 37.2 Å². The van der Waals surface area contributed by atoms with E-state index in [0.717, 1.165) is 0 Å². The van der Waals surface area contributed by atoms with Gasteiger partial charge in [-0.05, 0) is 17.2 Å². The maximum atomic E-state index is 11.1. The molecule has 0 aliphatic rings. The smallest absolute Gasteiger partial charge is 0.329 e. The predicted octanol–water partition coefficient (Wildman–Crippen LogP) is 0.538. The van der Waals surface area contributed by atoms with Crippen molar-refractivity contribution >= 4 is 26.8 Å². The Labute approximate surface area is 119 Å². The molecule has 0 bridgehead atoms. The van der Waals surface area contributed by atoms with Crippen LogP contribution in [-0.2, 0) is 26.2 Å². The number of rotatable bonds is 7. The summed E-state index contributed by atoms with van der Waals surface area (Å²) in [5, 5.41) is 11.1. The van der Waals surface area contributed by atoms with Gasteiger partial charge in [-0.15, -0.1) is 0 Å². The normalized spacial score (nSPS) is 12.2. The standard InChI is InChI=1S/C10H15NO8P2/c12-10(13)4-11-9-2-1-7(5-20(14,15)16)3-8(9)6-21(17,18)19/h1-3,11H,4-6H2,(H,12,13)(H2,14,15,16)(H2,17,18,19). The molecule has 0 fully saturated rings. The lowest BCUT2D eigenvalue weighted by molar-refractivity contribution is -0.134. The van der Waals surface area contributed by atoms with E-state index in [9.17, 15) is 13.9 Å². The van der Waals surface area contributed by atoms with Crippen molar-refractivity contribution in [3.05, 3.63) is 29.3 Å². The maximum Gasteiger partial charge on any atom is 0.329 e. The summed E-state index contributed by atoms with van der Waals surface area (Å²) in [6, 6.07) is 3.92. The van der Waals surface area contributed by atoms with Gasteiger partial charge < -0.3 is 30.0 Å². The molecule has 0 heterocycles. The molecule has 0 saturated heterocycles. The number of nitrogens with one attached hydrogen (secondary N) is 1. The zero-order chi connectivity index (χ0) is 16.3. The van der Waals surface area contributed by atoms with Gasteiger partial charge in [-0.1, -0.05) is 12.1 Å². The van der Waals surface area contributed by atoms with Crippen LogP contribution in [0, 0.1) is 0 Å². The highest BCUT2D eigenvalue weighted by atomic mass is 31.2. The molecular weight excluding hydrogens is 324 g/mol. The topological polar surface area (TPSA) is 164 Å². The fourth-order valence-corrected chi connectivity index (χ4v) is 3.06. The quantitative estimate of drug-likeness (QED) is 0.389. The van der Waals surface area contributed by atoms with E-state index >= 15 is 0 Å². The third-order valence-electron chi connectivity index (χ3n) is 2.36. The van der Waals surface area contributed by atoms with Crippen LogP contribution in [0.3, 0.4) is 0 Å². The first-order valence-corrected chi connectivity index (χ1v) is 9.22. The highest BCUT2D eigenvalue weighted by Gasteiger charge is 2.20. The molecule has 0 saturated carbocycles. The first kappa shape index (κ1) is 17.8. The number of hydrogen-bond acceptors (Lipinski definition) is 4. The van der Waals surface area contributed by atoms with Crippen molar-refractivity contribution in [2.75, 3.05) is 11.9 Å². The van der Waals surface area contributed by atoms with Gasteiger partial charge in [-0.3, -0.25) is 13.9 Å². The van der Waals surface area contributed by atoms with Crippen LogP contribution in [0.25, 0.3) is 0 Å². The SMILES string of the molecule is O=C(O)CNc1ccc(CP(=O)(O)O)cc1CP(=O)(O)O. The van der Waals surface area contributed by atoms with Crippen molar-refractivity contribution in [1.82, 2.24) is 0 Å². The molecule has 1 aromatic rings. The number of carbonyl (C=O) groups is 1. The van der Waals surface area contributed by atoms with Crippen LogP contribution >= 0.6 is 15.2 Å². The highest BCUT2D eigenvalue weighted by Crippen LogP contribution is 2.43. The van der Waals surface area contributed by atoms with E-state index in [1.54, 1.807) is 0 Å². The molecule has 0 aromatic heterocycles. The van der Waals surface area contributed by atoms with Crippen LogP contribution in [0.1, 0.15) is 11.1 Å². The predicted molar refractivity (Wildman–Crippen MR) is 74.1 cm³/mol. The molecular formula is C10H15NO8P2. The minimum absolute atomic E-state index is 0.0931. The average molecular weight is 339 g/mol. The third kappa shape index (κ3) is 7.38. The molecule has 0 amide bonds. The molecule has 0 aliphatic carbocycles. The van der Waals surface area contributed by atoms with Gasteiger partial charge in [0, 0.05) is 5.69 Å². The molecule has 1 aromatic carbocycles. The lowest BCUT2D eigenvalue weighted by Crippen LogP contribution is -2.13. The first-order chi connectivity index (χ1) is 9.46. The summed E-state index contributed by atoms with van der Waals surface area (Å²) in [5.41, 5.74) is 0.485. The molecule has 11 heteroatoms. The van der Waals surface area contributed by atoms with Gasteiger partial charge >= 0.3 is 21.2 Å². The molecule has 0 unspecified atom stereocenters. The van der Waals surface area contributed by atoms with Crippen molar-refractivity contribution in [3.63, 3.8) is 0 Å². The summed E-state index contributed by atoms with van der Waals surface area (Å²) in [4.78, 5) is 46.3. The van der Waals surface area contributed by atoms with Crippen LogP contribution < -0.4 is 5.32 Å². The molecule has 0 atom stereocenters. The van der Waals surface area contributed by atoms with Gasteiger partial charge in [-0.2, -0.15) is 0 Å². The number of benzene rings is 1. The Morgan fingerprint density at radius 1 is 1.05 bits per heavy atom. The van der Waals surface area contributed by atoms with Gasteiger partial charge in [0.1, 0.15) is 6.54 Å². The van der Waals surface area contributed by atoms with Crippen molar-refractivity contribution in [2.24, 2.45) is 0 Å². The van der Waals surface area contributed by atoms with Gasteiger partial charge in [0.15, 0.2) is 0 Å². The van der Waals surface area contributed by atoms with Gasteiger partial charge in [0.2, 0.25) is 0 Å². The summed E-state index contributed by atoms with van der Waals surface area (Å²) in [6.07, 6.45) is -1.23. The molecule has 6 N–H and O–H groups in total. The van der Waals surface area contributed by atoms with Crippen LogP contribution in [0.15, 0.2) is 18.2 Å². The Morgan fingerprint density at radius 3 is 2.10 bits per heavy atom. The lowest BCUT2D eigenvalue weighted by Gasteiger charge is -2.14. The number of aliphatic carboxylic acids is 1. The minimum atomic E-state index is -4.41. The Morgan fingerprint density at radius 2 is 1.62 bits per heavy atom. The lowest BCUT2D eigenvalue weighted by atomic mass is 10.1. The van der Waals surface area contributed by atoms with E-state index in [-0.39, 0.29) is 16.8 Å². The van der Waals surface area contributed by atoms with E-state index < -0.39 is 40.0 Å². The second-order valence-electron chi connectivity index (χ2n) is 4.38. The number of hydrogen-bond donors (Lipinski definition) is 6. The van der Waals surface area contributed by atoms with E-state index in [4.69, 9.17) is 24.7 Å². The second-order valence-corrected chi connectivity index (χ2v) is 7.68. The fourth-order valence-electron chi connectivity index (χ4n) is 1.68. The van der Waals surface area contributed by atoms with Gasteiger partial charge in [0.25, 0.3) is 0 Å². The Hall–Kier alpha value is -1.21. The molecule has 118 valence electrons. The van der Waals surface area contributed by atoms with E-state index in [0.29, 0.717) is 0 Å². The van der Waals surface area contributed by atoms with Crippen molar-refractivity contribution in [1.29, 1.82) is 0 Å². The summed E-state index contributed by atoms with van der Waals surface area (Å²) in [6.45, 7) is -0.452. The average Bonchev–Trinajstić information content (AvgIpc) is 2.23. The minimum Gasteiger partial charge on any atom is -0.480 e. The molecule has 9 nitrogen and oxygen atoms in total. The summed E-state index contributed by atoms with van der Waals surface area (Å²) >= 11 is 0. The summed E-state index contributed by atoms with van der Waals surface area (Å²) in [5.74, 6) is -1.16. The number of carboxylic acid groups (broad SMARTS) is 1. The molecule has 0 aliphatic heterocycles. The van der Waals surface area contributed by atoms with Gasteiger partial charge in [0.05, 0.1) is 12.3 Å². The Kier molecular flexibility index (Phi) is 5.69. The number of carboxylic acids is 1. The highest BCUT2D eigenvalue weighted by molar-refractivity contribution is 7.51. The third-order valence-corrected chi connectivity index (χ3v) is 3.89. The van der Waals surface area contributed by atoms with Crippen molar-refractivity contribution < 1.29 is 38.6 Å². The van der Waals surface area contributed by atoms with Crippen molar-refractivity contribution in [3.8, 4) is 0 Å². The van der Waals surface area contributed by atoms with Crippen LogP contribution in [0.5, 0.6) is 0 Å². The zero-order valence-electron chi connectivity index (χ0n) is 10.7. The van der Waals surface area contributed by atoms with Crippen LogP contribution in [0.2, 0.25) is 0 Å². The monoisotopic (exact) mass is 339 g/mol. The molecule has 21 heavy (non-hydrogen) atoms. The van der Waals surface area contributed by atoms with E-state index in [2.05, 4.69) is 5.32 Å². The van der Waals surface area contributed by atoms with Crippen LogP contribution in [0.4, 0.5) is 5.69 Å². The Balaban J connectivity index is 3.10.